The maximum absolute atomic E-state index is 13.3. The molecule has 6 nitrogen and oxygen atoms in total. The molecule has 0 spiro atoms. The van der Waals surface area contributed by atoms with Gasteiger partial charge in [-0.15, -0.1) is 11.3 Å². The zero-order valence-corrected chi connectivity index (χ0v) is 18.3. The number of aromatic nitrogens is 1. The quantitative estimate of drug-likeness (QED) is 0.723. The third kappa shape index (κ3) is 4.61. The third-order valence-electron chi connectivity index (χ3n) is 5.51. The summed E-state index contributed by atoms with van der Waals surface area (Å²) in [5.74, 6) is 0.348. The van der Waals surface area contributed by atoms with Crippen LogP contribution in [-0.2, 0) is 9.59 Å². The van der Waals surface area contributed by atoms with E-state index in [0.717, 1.165) is 29.0 Å². The lowest BCUT2D eigenvalue weighted by atomic mass is 9.83. The summed E-state index contributed by atoms with van der Waals surface area (Å²) in [4.78, 5) is 33.5. The summed E-state index contributed by atoms with van der Waals surface area (Å²) in [7, 11) is 1.62. The maximum atomic E-state index is 13.3. The zero-order valence-electron chi connectivity index (χ0n) is 17.5. The van der Waals surface area contributed by atoms with Crippen LogP contribution in [0.3, 0.4) is 0 Å². The summed E-state index contributed by atoms with van der Waals surface area (Å²) in [5.41, 5.74) is 1.81. The van der Waals surface area contributed by atoms with Crippen molar-refractivity contribution in [3.63, 3.8) is 0 Å². The van der Waals surface area contributed by atoms with Crippen molar-refractivity contribution in [3.8, 4) is 5.75 Å². The van der Waals surface area contributed by atoms with E-state index in [-0.39, 0.29) is 23.8 Å². The van der Waals surface area contributed by atoms with Gasteiger partial charge in [-0.3, -0.25) is 9.59 Å². The highest BCUT2D eigenvalue weighted by atomic mass is 32.1. The fourth-order valence-corrected chi connectivity index (χ4v) is 4.66. The van der Waals surface area contributed by atoms with E-state index in [2.05, 4.69) is 17.2 Å². The van der Waals surface area contributed by atoms with Gasteiger partial charge >= 0.3 is 0 Å². The van der Waals surface area contributed by atoms with Crippen LogP contribution in [0.5, 0.6) is 5.75 Å². The van der Waals surface area contributed by atoms with Crippen LogP contribution < -0.4 is 10.1 Å². The van der Waals surface area contributed by atoms with Crippen LogP contribution in [0.1, 0.15) is 54.8 Å². The van der Waals surface area contributed by atoms with Crippen molar-refractivity contribution in [2.45, 2.75) is 52.5 Å². The predicted octanol–water partition coefficient (Wildman–Crippen LogP) is 4.49. The molecule has 1 fully saturated rings. The summed E-state index contributed by atoms with van der Waals surface area (Å²) in [5, 5.41) is 3.60. The minimum atomic E-state index is -0.356. The smallest absolute Gasteiger partial charge is 0.231 e. The Morgan fingerprint density at radius 2 is 2.10 bits per heavy atom. The van der Waals surface area contributed by atoms with Gasteiger partial charge in [-0.1, -0.05) is 31.5 Å². The largest absolute Gasteiger partial charge is 0.496 e. The Bertz CT molecular complexity index is 860. The number of methoxy groups -OCH3 is 1. The Kier molecular flexibility index (Phi) is 6.90. The first-order chi connectivity index (χ1) is 14.0. The molecule has 0 radical (unpaired) electrons. The van der Waals surface area contributed by atoms with Gasteiger partial charge in [0.1, 0.15) is 5.75 Å². The molecule has 0 aliphatic carbocycles. The second-order valence-electron chi connectivity index (χ2n) is 7.42. The van der Waals surface area contributed by atoms with Crippen LogP contribution in [0.2, 0.25) is 0 Å². The third-order valence-corrected chi connectivity index (χ3v) is 6.50. The number of para-hydroxylation sites is 1. The van der Waals surface area contributed by atoms with Crippen LogP contribution in [0, 0.1) is 19.8 Å². The van der Waals surface area contributed by atoms with Gasteiger partial charge in [0.05, 0.1) is 24.8 Å². The van der Waals surface area contributed by atoms with Gasteiger partial charge in [-0.2, -0.15) is 0 Å². The average molecular weight is 416 g/mol. The van der Waals surface area contributed by atoms with E-state index in [0.29, 0.717) is 30.3 Å². The molecule has 1 aliphatic heterocycles. The van der Waals surface area contributed by atoms with Gasteiger partial charge < -0.3 is 15.0 Å². The van der Waals surface area contributed by atoms with E-state index >= 15 is 0 Å². The Labute approximate surface area is 176 Å². The number of nitrogens with zero attached hydrogens (tertiary/aromatic N) is 2. The highest BCUT2D eigenvalue weighted by Crippen LogP contribution is 2.41. The fraction of sp³-hybridized carbons (Fsp3) is 0.500. The molecule has 1 aromatic heterocycles. The van der Waals surface area contributed by atoms with E-state index in [1.807, 2.05) is 43.0 Å². The Hall–Kier alpha value is -2.41. The van der Waals surface area contributed by atoms with Gasteiger partial charge in [0, 0.05) is 23.4 Å². The normalized spacial score (nSPS) is 19.3. The van der Waals surface area contributed by atoms with Crippen LogP contribution in [0.15, 0.2) is 24.3 Å². The first kappa shape index (κ1) is 21.3. The first-order valence-corrected chi connectivity index (χ1v) is 10.9. The number of hydrogen-bond acceptors (Lipinski definition) is 5. The molecule has 2 atom stereocenters. The molecule has 2 aromatic rings. The lowest BCUT2D eigenvalue weighted by Crippen LogP contribution is -2.47. The summed E-state index contributed by atoms with van der Waals surface area (Å²) >= 11 is 1.48. The van der Waals surface area contributed by atoms with Crippen molar-refractivity contribution in [2.24, 2.45) is 5.92 Å². The number of likely N-dealkylation sites (tertiary alicyclic amines) is 1. The second-order valence-corrected chi connectivity index (χ2v) is 8.63. The Morgan fingerprint density at radius 1 is 1.34 bits per heavy atom. The molecular weight excluding hydrogens is 386 g/mol. The number of piperidine rings is 1. The molecular formula is C22H29N3O3S. The van der Waals surface area contributed by atoms with Crippen LogP contribution in [-0.4, -0.2) is 35.4 Å². The molecule has 1 aromatic carbocycles. The molecule has 29 heavy (non-hydrogen) atoms. The van der Waals surface area contributed by atoms with Crippen molar-refractivity contribution in [1.82, 2.24) is 9.88 Å². The van der Waals surface area contributed by atoms with Gasteiger partial charge in [-0.05, 0) is 32.8 Å². The number of carbonyl (C=O) groups is 2. The molecule has 0 saturated carbocycles. The number of anilines is 1. The molecule has 2 heterocycles. The van der Waals surface area contributed by atoms with Crippen LogP contribution >= 0.6 is 11.3 Å². The number of amides is 2. The number of ether oxygens (including phenoxy) is 1. The van der Waals surface area contributed by atoms with Gasteiger partial charge in [0.2, 0.25) is 11.8 Å². The molecule has 1 N–H and O–H groups in total. The average Bonchev–Trinajstić information content (AvgIpc) is 3.03. The number of nitrogens with one attached hydrogen (secondary N) is 1. The van der Waals surface area contributed by atoms with Gasteiger partial charge in [-0.25, -0.2) is 4.98 Å². The molecule has 2 amide bonds. The van der Waals surface area contributed by atoms with E-state index < -0.39 is 0 Å². The topological polar surface area (TPSA) is 71.5 Å². The van der Waals surface area contributed by atoms with Gasteiger partial charge in [0.25, 0.3) is 0 Å². The van der Waals surface area contributed by atoms with E-state index in [9.17, 15) is 9.59 Å². The van der Waals surface area contributed by atoms with Gasteiger partial charge in [0.15, 0.2) is 5.13 Å². The van der Waals surface area contributed by atoms with Crippen molar-refractivity contribution in [3.05, 3.63) is 40.4 Å². The number of hydrogen-bond donors (Lipinski definition) is 1. The molecule has 1 saturated heterocycles. The van der Waals surface area contributed by atoms with Crippen molar-refractivity contribution in [1.29, 1.82) is 0 Å². The molecule has 0 bridgehead atoms. The second kappa shape index (κ2) is 9.39. The van der Waals surface area contributed by atoms with E-state index in [1.54, 1.807) is 7.11 Å². The fourth-order valence-electron chi connectivity index (χ4n) is 3.84. The van der Waals surface area contributed by atoms with Crippen LogP contribution in [0.4, 0.5) is 5.13 Å². The maximum Gasteiger partial charge on any atom is 0.231 e. The first-order valence-electron chi connectivity index (χ1n) is 10.1. The lowest BCUT2D eigenvalue weighted by molar-refractivity contribution is -0.142. The Morgan fingerprint density at radius 3 is 2.76 bits per heavy atom. The highest BCUT2D eigenvalue weighted by Gasteiger charge is 2.41. The number of aryl methyl sites for hydroxylation is 2. The number of rotatable bonds is 7. The van der Waals surface area contributed by atoms with Crippen LogP contribution in [0.25, 0.3) is 0 Å². The van der Waals surface area contributed by atoms with Crippen molar-refractivity contribution in [2.75, 3.05) is 19.0 Å². The predicted molar refractivity (Wildman–Crippen MR) is 115 cm³/mol. The number of benzene rings is 1. The monoisotopic (exact) mass is 415 g/mol. The Balaban J connectivity index is 1.95. The van der Waals surface area contributed by atoms with E-state index in [4.69, 9.17) is 4.74 Å². The number of carbonyl (C=O) groups excluding carboxylic acids is 2. The summed E-state index contributed by atoms with van der Waals surface area (Å²) in [6, 6.07) is 7.33. The summed E-state index contributed by atoms with van der Waals surface area (Å²) in [6.07, 6.45) is 2.77. The standard InChI is InChI=1S/C22H29N3O3S/c1-5-6-13-25-19(26)12-11-17(20(25)16-9-7-8-10-18(16)28-4)21(27)24-22-23-14(2)15(3)29-22/h7-10,17,20H,5-6,11-13H2,1-4H3,(H,23,24,27)/t17-,20-/m0/s1. The minimum Gasteiger partial charge on any atom is -0.496 e. The van der Waals surface area contributed by atoms with E-state index in [1.165, 1.54) is 11.3 Å². The lowest BCUT2D eigenvalue weighted by Gasteiger charge is -2.41. The zero-order chi connectivity index (χ0) is 21.0. The minimum absolute atomic E-state index is 0.0938. The molecule has 3 rings (SSSR count). The highest BCUT2D eigenvalue weighted by molar-refractivity contribution is 7.15. The number of unbranched alkanes of at least 4 members (excludes halogenated alkanes) is 1. The summed E-state index contributed by atoms with van der Waals surface area (Å²) < 4.78 is 5.57. The molecule has 1 aliphatic rings. The van der Waals surface area contributed by atoms with Crippen molar-refractivity contribution < 1.29 is 14.3 Å². The molecule has 0 unspecified atom stereocenters. The van der Waals surface area contributed by atoms with Crippen molar-refractivity contribution >= 4 is 28.3 Å². The molecule has 156 valence electrons. The SMILES string of the molecule is CCCCN1C(=O)CC[C@H](C(=O)Nc2nc(C)c(C)s2)[C@@H]1c1ccccc1OC. The molecule has 7 heteroatoms. The number of thiazole rings is 1. The summed E-state index contributed by atoms with van der Waals surface area (Å²) in [6.45, 7) is 6.66.